The minimum Gasteiger partial charge on any atom is -0.491 e. The predicted octanol–water partition coefficient (Wildman–Crippen LogP) is 3.12. The maximum Gasteiger partial charge on any atom is 0.254 e. The lowest BCUT2D eigenvalue weighted by Gasteiger charge is -2.23. The minimum absolute atomic E-state index is 0. The zero-order valence-electron chi connectivity index (χ0n) is 15.1. The first-order chi connectivity index (χ1) is 12.2. The van der Waals surface area contributed by atoms with Gasteiger partial charge in [-0.15, -0.1) is 12.4 Å². The lowest BCUT2D eigenvalue weighted by atomic mass is 10.1. The Kier molecular flexibility index (Phi) is 10.4. The third kappa shape index (κ3) is 7.04. The van der Waals surface area contributed by atoms with Crippen LogP contribution in [0.15, 0.2) is 54.6 Å². The molecule has 2 rings (SSSR count). The number of nitrogens with two attached hydrogens (primary N) is 1. The molecule has 2 N–H and O–H groups in total. The summed E-state index contributed by atoms with van der Waals surface area (Å²) < 4.78 is 10.5. The lowest BCUT2D eigenvalue weighted by molar-refractivity contribution is 0.0742. The van der Waals surface area contributed by atoms with E-state index in [4.69, 9.17) is 15.2 Å². The van der Waals surface area contributed by atoms with Gasteiger partial charge in [-0.3, -0.25) is 4.79 Å². The van der Waals surface area contributed by atoms with Gasteiger partial charge in [0.2, 0.25) is 0 Å². The molecule has 0 aliphatic rings. The van der Waals surface area contributed by atoms with Gasteiger partial charge in [-0.05, 0) is 42.8 Å². The van der Waals surface area contributed by atoms with E-state index >= 15 is 0 Å². The smallest absolute Gasteiger partial charge is 0.254 e. The molecule has 0 aliphatic carbocycles. The highest BCUT2D eigenvalue weighted by molar-refractivity contribution is 5.94. The van der Waals surface area contributed by atoms with Gasteiger partial charge >= 0.3 is 0 Å². The Labute approximate surface area is 161 Å². The van der Waals surface area contributed by atoms with E-state index in [9.17, 15) is 4.79 Å². The van der Waals surface area contributed by atoms with Crippen molar-refractivity contribution in [1.29, 1.82) is 0 Å². The number of ether oxygens (including phenoxy) is 2. The average molecular weight is 379 g/mol. The van der Waals surface area contributed by atoms with Crippen molar-refractivity contribution in [2.45, 2.75) is 13.0 Å². The topological polar surface area (TPSA) is 64.8 Å². The van der Waals surface area contributed by atoms with E-state index < -0.39 is 0 Å². The SMILES string of the molecule is COCCOc1ccc(C(=O)N(CCCN)Cc2ccccc2)cc1.Cl. The van der Waals surface area contributed by atoms with E-state index in [0.29, 0.717) is 38.4 Å². The largest absolute Gasteiger partial charge is 0.491 e. The Hall–Kier alpha value is -2.08. The third-order valence-electron chi connectivity index (χ3n) is 3.79. The fourth-order valence-electron chi connectivity index (χ4n) is 2.46. The summed E-state index contributed by atoms with van der Waals surface area (Å²) in [6.45, 7) is 2.79. The molecule has 0 aromatic heterocycles. The van der Waals surface area contributed by atoms with Gasteiger partial charge in [-0.2, -0.15) is 0 Å². The molecule has 0 radical (unpaired) electrons. The maximum absolute atomic E-state index is 12.9. The minimum atomic E-state index is 0. The number of methoxy groups -OCH3 is 1. The van der Waals surface area contributed by atoms with Crippen molar-refractivity contribution in [2.24, 2.45) is 5.73 Å². The first-order valence-electron chi connectivity index (χ1n) is 8.49. The highest BCUT2D eigenvalue weighted by atomic mass is 35.5. The molecule has 2 aromatic rings. The standard InChI is InChI=1S/C20H26N2O3.ClH/c1-24-14-15-25-19-10-8-18(9-11-19)20(23)22(13-5-12-21)16-17-6-3-2-4-7-17;/h2-4,6-11H,5,12-16,21H2,1H3;1H. The molecule has 5 nitrogen and oxygen atoms in total. The van der Waals surface area contributed by atoms with Crippen LogP contribution >= 0.6 is 12.4 Å². The number of hydrogen-bond acceptors (Lipinski definition) is 4. The highest BCUT2D eigenvalue weighted by Gasteiger charge is 2.16. The van der Waals surface area contributed by atoms with Crippen molar-refractivity contribution in [3.63, 3.8) is 0 Å². The number of halogens is 1. The first kappa shape index (κ1) is 22.0. The van der Waals surface area contributed by atoms with Crippen molar-refractivity contribution >= 4 is 18.3 Å². The third-order valence-corrected chi connectivity index (χ3v) is 3.79. The van der Waals surface area contributed by atoms with E-state index in [-0.39, 0.29) is 18.3 Å². The van der Waals surface area contributed by atoms with E-state index in [2.05, 4.69) is 0 Å². The summed E-state index contributed by atoms with van der Waals surface area (Å²) in [5.41, 5.74) is 7.37. The van der Waals surface area contributed by atoms with Crippen LogP contribution in [0.1, 0.15) is 22.3 Å². The number of amides is 1. The van der Waals surface area contributed by atoms with Crippen molar-refractivity contribution in [1.82, 2.24) is 4.90 Å². The molecule has 26 heavy (non-hydrogen) atoms. The molecule has 0 saturated carbocycles. The van der Waals surface area contributed by atoms with Crippen LogP contribution in [0.25, 0.3) is 0 Å². The summed E-state index contributed by atoms with van der Waals surface area (Å²) in [5.74, 6) is 0.728. The van der Waals surface area contributed by atoms with Crippen molar-refractivity contribution in [3.05, 3.63) is 65.7 Å². The van der Waals surface area contributed by atoms with Gasteiger partial charge < -0.3 is 20.1 Å². The molecule has 0 bridgehead atoms. The van der Waals surface area contributed by atoms with E-state index in [1.807, 2.05) is 47.4 Å². The van der Waals surface area contributed by atoms with Gasteiger partial charge in [0.25, 0.3) is 5.91 Å². The quantitative estimate of drug-likeness (QED) is 0.645. The van der Waals surface area contributed by atoms with Gasteiger partial charge in [0.15, 0.2) is 0 Å². The number of benzene rings is 2. The molecule has 1 amide bonds. The highest BCUT2D eigenvalue weighted by Crippen LogP contribution is 2.15. The van der Waals surface area contributed by atoms with E-state index in [1.54, 1.807) is 19.2 Å². The monoisotopic (exact) mass is 378 g/mol. The van der Waals surface area contributed by atoms with Crippen molar-refractivity contribution in [2.75, 3.05) is 33.4 Å². The second-order valence-electron chi connectivity index (χ2n) is 5.72. The van der Waals surface area contributed by atoms with Crippen LogP contribution in [-0.2, 0) is 11.3 Å². The second-order valence-corrected chi connectivity index (χ2v) is 5.72. The van der Waals surface area contributed by atoms with Gasteiger partial charge in [0, 0.05) is 25.8 Å². The van der Waals surface area contributed by atoms with Crippen LogP contribution in [0.5, 0.6) is 5.75 Å². The number of hydrogen-bond donors (Lipinski definition) is 1. The Balaban J connectivity index is 0.00000338. The fraction of sp³-hybridized carbons (Fsp3) is 0.350. The molecule has 0 aliphatic heterocycles. The molecule has 2 aromatic carbocycles. The zero-order valence-corrected chi connectivity index (χ0v) is 15.9. The molecule has 0 fully saturated rings. The van der Waals surface area contributed by atoms with Crippen LogP contribution in [-0.4, -0.2) is 44.2 Å². The molecule has 0 unspecified atom stereocenters. The van der Waals surface area contributed by atoms with Gasteiger partial charge in [-0.25, -0.2) is 0 Å². The molecule has 0 spiro atoms. The summed E-state index contributed by atoms with van der Waals surface area (Å²) in [6, 6.07) is 17.2. The van der Waals surface area contributed by atoms with E-state index in [1.165, 1.54) is 0 Å². The Morgan fingerprint density at radius 1 is 1.04 bits per heavy atom. The Morgan fingerprint density at radius 2 is 1.73 bits per heavy atom. The second kappa shape index (κ2) is 12.3. The van der Waals surface area contributed by atoms with Crippen molar-refractivity contribution in [3.8, 4) is 5.75 Å². The summed E-state index contributed by atoms with van der Waals surface area (Å²) in [6.07, 6.45) is 0.775. The zero-order chi connectivity index (χ0) is 17.9. The Bertz CT molecular complexity index is 635. The van der Waals surface area contributed by atoms with E-state index in [0.717, 1.165) is 17.7 Å². The molecule has 142 valence electrons. The summed E-state index contributed by atoms with van der Waals surface area (Å²) in [7, 11) is 1.63. The molecule has 0 atom stereocenters. The van der Waals surface area contributed by atoms with Crippen LogP contribution in [0.4, 0.5) is 0 Å². The number of rotatable bonds is 10. The molecular weight excluding hydrogens is 352 g/mol. The molecular formula is C20H27ClN2O3. The number of carbonyl (C=O) groups excluding carboxylic acids is 1. The van der Waals surface area contributed by atoms with Crippen molar-refractivity contribution < 1.29 is 14.3 Å². The summed E-state index contributed by atoms with van der Waals surface area (Å²) >= 11 is 0. The average Bonchev–Trinajstić information content (AvgIpc) is 2.66. The number of nitrogens with zero attached hydrogens (tertiary/aromatic N) is 1. The van der Waals surface area contributed by atoms with Crippen LogP contribution in [0.2, 0.25) is 0 Å². The predicted molar refractivity (Wildman–Crippen MR) is 106 cm³/mol. The van der Waals surface area contributed by atoms with Gasteiger partial charge in [-0.1, -0.05) is 30.3 Å². The molecule has 6 heteroatoms. The van der Waals surface area contributed by atoms with Crippen LogP contribution in [0.3, 0.4) is 0 Å². The fourth-order valence-corrected chi connectivity index (χ4v) is 2.46. The molecule has 0 saturated heterocycles. The normalized spacial score (nSPS) is 10.1. The number of carbonyl (C=O) groups is 1. The maximum atomic E-state index is 12.9. The van der Waals surface area contributed by atoms with Crippen LogP contribution < -0.4 is 10.5 Å². The van der Waals surface area contributed by atoms with Crippen LogP contribution in [0, 0.1) is 0 Å². The lowest BCUT2D eigenvalue weighted by Crippen LogP contribution is -2.32. The van der Waals surface area contributed by atoms with Gasteiger partial charge in [0.05, 0.1) is 6.61 Å². The first-order valence-corrected chi connectivity index (χ1v) is 8.49. The summed E-state index contributed by atoms with van der Waals surface area (Å²) in [4.78, 5) is 14.7. The molecule has 0 heterocycles. The Morgan fingerprint density at radius 3 is 2.35 bits per heavy atom. The summed E-state index contributed by atoms with van der Waals surface area (Å²) in [5, 5.41) is 0. The van der Waals surface area contributed by atoms with Gasteiger partial charge in [0.1, 0.15) is 12.4 Å².